The summed E-state index contributed by atoms with van der Waals surface area (Å²) >= 11 is 0. The van der Waals surface area contributed by atoms with Crippen LogP contribution < -0.4 is 0 Å². The van der Waals surface area contributed by atoms with E-state index in [2.05, 4.69) is 0 Å². The Morgan fingerprint density at radius 2 is 2.08 bits per heavy atom. The van der Waals surface area contributed by atoms with Gasteiger partial charge in [-0.3, -0.25) is 0 Å². The maximum Gasteiger partial charge on any atom is 0.106 e. The first-order chi connectivity index (χ1) is 6.19. The van der Waals surface area contributed by atoms with Gasteiger partial charge in [-0.1, -0.05) is 13.3 Å². The monoisotopic (exact) mass is 190 g/mol. The minimum atomic E-state index is -0.803. The fourth-order valence-electron chi connectivity index (χ4n) is 1.68. The van der Waals surface area contributed by atoms with Crippen LogP contribution in [-0.4, -0.2) is 46.3 Å². The van der Waals surface area contributed by atoms with Crippen molar-refractivity contribution < 1.29 is 20.1 Å². The molecule has 1 heterocycles. The molecule has 0 spiro atoms. The van der Waals surface area contributed by atoms with E-state index >= 15 is 0 Å². The zero-order valence-corrected chi connectivity index (χ0v) is 7.89. The van der Waals surface area contributed by atoms with Gasteiger partial charge in [0.25, 0.3) is 0 Å². The number of aliphatic hydroxyl groups excluding tert-OH is 3. The highest BCUT2D eigenvalue weighted by molar-refractivity contribution is 4.84. The maximum absolute atomic E-state index is 9.53. The van der Waals surface area contributed by atoms with Crippen LogP contribution in [-0.2, 0) is 4.74 Å². The van der Waals surface area contributed by atoms with Crippen molar-refractivity contribution in [2.24, 2.45) is 0 Å². The first kappa shape index (κ1) is 10.9. The minimum absolute atomic E-state index is 0.0933. The Morgan fingerprint density at radius 3 is 2.62 bits per heavy atom. The summed E-state index contributed by atoms with van der Waals surface area (Å²) in [6, 6.07) is 0. The molecule has 0 aromatic rings. The molecule has 0 aromatic carbocycles. The molecule has 3 unspecified atom stereocenters. The third-order valence-electron chi connectivity index (χ3n) is 2.42. The molecule has 0 saturated carbocycles. The van der Waals surface area contributed by atoms with Crippen molar-refractivity contribution in [1.82, 2.24) is 0 Å². The Hall–Kier alpha value is -0.160. The number of rotatable bonds is 3. The van der Waals surface area contributed by atoms with Crippen molar-refractivity contribution in [1.29, 1.82) is 0 Å². The lowest BCUT2D eigenvalue weighted by Gasteiger charge is -2.36. The van der Waals surface area contributed by atoms with E-state index < -0.39 is 12.2 Å². The zero-order chi connectivity index (χ0) is 9.84. The first-order valence-corrected chi connectivity index (χ1v) is 4.81. The molecule has 0 radical (unpaired) electrons. The summed E-state index contributed by atoms with van der Waals surface area (Å²) in [5.41, 5.74) is 0. The van der Waals surface area contributed by atoms with Crippen LogP contribution in [0.4, 0.5) is 0 Å². The highest BCUT2D eigenvalue weighted by atomic mass is 16.5. The molecule has 78 valence electrons. The van der Waals surface area contributed by atoms with Gasteiger partial charge in [0.2, 0.25) is 0 Å². The molecule has 4 heteroatoms. The van der Waals surface area contributed by atoms with Crippen LogP contribution in [0.15, 0.2) is 0 Å². The van der Waals surface area contributed by atoms with Crippen LogP contribution in [0.5, 0.6) is 0 Å². The molecule has 13 heavy (non-hydrogen) atoms. The Bertz CT molecular complexity index is 151. The van der Waals surface area contributed by atoms with Gasteiger partial charge >= 0.3 is 0 Å². The standard InChI is InChI=1S/C9H18O4/c1-2-3-8-9(12)7(11)4-6(5-10)13-8/h6-12H,2-5H2,1H3/t6-,7?,8?,9?/m0/s1. The van der Waals surface area contributed by atoms with Gasteiger partial charge in [0.1, 0.15) is 6.10 Å². The van der Waals surface area contributed by atoms with Crippen molar-refractivity contribution in [3.8, 4) is 0 Å². The summed E-state index contributed by atoms with van der Waals surface area (Å²) in [5.74, 6) is 0. The third kappa shape index (κ3) is 2.64. The van der Waals surface area contributed by atoms with Gasteiger partial charge in [0.05, 0.1) is 24.9 Å². The SMILES string of the molecule is CCCC1O[C@H](CO)CC(O)C1O. The summed E-state index contributed by atoms with van der Waals surface area (Å²) in [7, 11) is 0. The maximum atomic E-state index is 9.53. The molecular weight excluding hydrogens is 172 g/mol. The normalized spacial score (nSPS) is 40.6. The number of ether oxygens (including phenoxy) is 1. The van der Waals surface area contributed by atoms with E-state index in [1.54, 1.807) is 0 Å². The second-order valence-electron chi connectivity index (χ2n) is 3.56. The van der Waals surface area contributed by atoms with E-state index in [4.69, 9.17) is 9.84 Å². The molecule has 1 rings (SSSR count). The molecule has 0 aromatic heterocycles. The molecule has 1 saturated heterocycles. The predicted octanol–water partition coefficient (Wildman–Crippen LogP) is -0.342. The average molecular weight is 190 g/mol. The van der Waals surface area contributed by atoms with Crippen molar-refractivity contribution in [2.45, 2.75) is 50.6 Å². The van der Waals surface area contributed by atoms with E-state index in [-0.39, 0.29) is 18.8 Å². The Labute approximate surface area is 78.1 Å². The summed E-state index contributed by atoms with van der Waals surface area (Å²) in [6.07, 6.45) is -0.287. The number of aliphatic hydroxyl groups is 3. The lowest BCUT2D eigenvalue weighted by Crippen LogP contribution is -2.49. The van der Waals surface area contributed by atoms with Crippen molar-refractivity contribution in [2.75, 3.05) is 6.61 Å². The fourth-order valence-corrected chi connectivity index (χ4v) is 1.68. The van der Waals surface area contributed by atoms with Gasteiger partial charge in [-0.2, -0.15) is 0 Å². The summed E-state index contributed by atoms with van der Waals surface area (Å²) in [6.45, 7) is 1.90. The molecule has 1 fully saturated rings. The first-order valence-electron chi connectivity index (χ1n) is 4.81. The second kappa shape index (κ2) is 4.91. The topological polar surface area (TPSA) is 69.9 Å². The van der Waals surface area contributed by atoms with Crippen molar-refractivity contribution >= 4 is 0 Å². The van der Waals surface area contributed by atoms with Crippen LogP contribution in [0, 0.1) is 0 Å². The molecule has 0 amide bonds. The van der Waals surface area contributed by atoms with Gasteiger partial charge in [-0.05, 0) is 6.42 Å². The van der Waals surface area contributed by atoms with E-state index in [0.717, 1.165) is 6.42 Å². The van der Waals surface area contributed by atoms with E-state index in [0.29, 0.717) is 12.8 Å². The van der Waals surface area contributed by atoms with Crippen LogP contribution in [0.3, 0.4) is 0 Å². The van der Waals surface area contributed by atoms with E-state index in [1.165, 1.54) is 0 Å². The zero-order valence-electron chi connectivity index (χ0n) is 7.89. The third-order valence-corrected chi connectivity index (χ3v) is 2.42. The molecule has 0 bridgehead atoms. The Kier molecular flexibility index (Phi) is 4.12. The molecule has 1 aliphatic heterocycles. The number of hydrogen-bond acceptors (Lipinski definition) is 4. The summed E-state index contributed by atoms with van der Waals surface area (Å²) < 4.78 is 5.40. The van der Waals surface area contributed by atoms with Crippen LogP contribution >= 0.6 is 0 Å². The van der Waals surface area contributed by atoms with Crippen molar-refractivity contribution in [3.63, 3.8) is 0 Å². The summed E-state index contributed by atoms with van der Waals surface area (Å²) in [4.78, 5) is 0. The second-order valence-corrected chi connectivity index (χ2v) is 3.56. The van der Waals surface area contributed by atoms with E-state index in [1.807, 2.05) is 6.92 Å². The lowest BCUT2D eigenvalue weighted by atomic mass is 9.95. The molecule has 4 nitrogen and oxygen atoms in total. The highest BCUT2D eigenvalue weighted by Crippen LogP contribution is 2.22. The lowest BCUT2D eigenvalue weighted by molar-refractivity contribution is -0.178. The van der Waals surface area contributed by atoms with Gasteiger partial charge in [0, 0.05) is 6.42 Å². The average Bonchev–Trinajstić information content (AvgIpc) is 2.13. The van der Waals surface area contributed by atoms with E-state index in [9.17, 15) is 10.2 Å². The highest BCUT2D eigenvalue weighted by Gasteiger charge is 2.35. The molecular formula is C9H18O4. The molecule has 3 N–H and O–H groups in total. The minimum Gasteiger partial charge on any atom is -0.394 e. The van der Waals surface area contributed by atoms with Gasteiger partial charge < -0.3 is 20.1 Å². The molecule has 1 aliphatic rings. The quantitative estimate of drug-likeness (QED) is 0.569. The van der Waals surface area contributed by atoms with Crippen LogP contribution in [0.2, 0.25) is 0 Å². The summed E-state index contributed by atoms with van der Waals surface area (Å²) in [5, 5.41) is 27.8. The number of hydrogen-bond donors (Lipinski definition) is 3. The molecule has 0 aliphatic carbocycles. The van der Waals surface area contributed by atoms with Crippen molar-refractivity contribution in [3.05, 3.63) is 0 Å². The van der Waals surface area contributed by atoms with Crippen LogP contribution in [0.25, 0.3) is 0 Å². The van der Waals surface area contributed by atoms with Gasteiger partial charge in [-0.25, -0.2) is 0 Å². The Morgan fingerprint density at radius 1 is 1.38 bits per heavy atom. The predicted molar refractivity (Wildman–Crippen MR) is 47.3 cm³/mol. The smallest absolute Gasteiger partial charge is 0.106 e. The van der Waals surface area contributed by atoms with Crippen LogP contribution in [0.1, 0.15) is 26.2 Å². The van der Waals surface area contributed by atoms with Gasteiger partial charge in [-0.15, -0.1) is 0 Å². The Balaban J connectivity index is 2.50. The van der Waals surface area contributed by atoms with Gasteiger partial charge in [0.15, 0.2) is 0 Å². The molecule has 4 atom stereocenters. The fraction of sp³-hybridized carbons (Fsp3) is 1.00. The largest absolute Gasteiger partial charge is 0.394 e.